The maximum Gasteiger partial charge on any atom is 0.306 e. The Morgan fingerprint density at radius 1 is 0.267 bits per heavy atom. The maximum absolute atomic E-state index is 12.9. The van der Waals surface area contributed by atoms with Crippen LogP contribution < -0.4 is 0 Å². The Hall–Kier alpha value is -2.37. The molecule has 0 heterocycles. The number of carbonyl (C=O) groups is 3. The molecule has 0 spiro atoms. The Labute approximate surface area is 467 Å². The predicted molar refractivity (Wildman–Crippen MR) is 326 cm³/mol. The molecular weight excluding hydrogens is 925 g/mol. The molecule has 0 aromatic rings. The van der Waals surface area contributed by atoms with E-state index in [2.05, 4.69) is 57.2 Å². The fourth-order valence-corrected chi connectivity index (χ4v) is 10.1. The predicted octanol–water partition coefficient (Wildman–Crippen LogP) is 22.8. The molecule has 0 bridgehead atoms. The van der Waals surface area contributed by atoms with Gasteiger partial charge in [0.25, 0.3) is 0 Å². The van der Waals surface area contributed by atoms with Crippen LogP contribution in [0.15, 0.2) is 36.5 Å². The smallest absolute Gasteiger partial charge is 0.306 e. The van der Waals surface area contributed by atoms with Gasteiger partial charge < -0.3 is 14.2 Å². The number of ether oxygens (including phenoxy) is 3. The van der Waals surface area contributed by atoms with Gasteiger partial charge in [0.2, 0.25) is 0 Å². The summed E-state index contributed by atoms with van der Waals surface area (Å²) in [4.78, 5) is 38.3. The summed E-state index contributed by atoms with van der Waals surface area (Å²) in [6.45, 7) is 6.69. The molecule has 1 atom stereocenters. The summed E-state index contributed by atoms with van der Waals surface area (Å²) < 4.78 is 17.0. The van der Waals surface area contributed by atoms with Crippen molar-refractivity contribution in [3.05, 3.63) is 36.5 Å². The van der Waals surface area contributed by atoms with Crippen molar-refractivity contribution in [2.45, 2.75) is 374 Å². The highest BCUT2D eigenvalue weighted by Crippen LogP contribution is 2.18. The first-order valence-corrected chi connectivity index (χ1v) is 33.5. The molecule has 0 amide bonds. The summed E-state index contributed by atoms with van der Waals surface area (Å²) in [5.41, 5.74) is 0. The zero-order valence-electron chi connectivity index (χ0n) is 50.6. The van der Waals surface area contributed by atoms with Crippen molar-refractivity contribution in [2.75, 3.05) is 13.2 Å². The average molecular weight is 1050 g/mol. The van der Waals surface area contributed by atoms with Gasteiger partial charge in [0.05, 0.1) is 0 Å². The summed E-state index contributed by atoms with van der Waals surface area (Å²) in [6.07, 6.45) is 78.7. The van der Waals surface area contributed by atoms with E-state index in [4.69, 9.17) is 14.2 Å². The third-order valence-corrected chi connectivity index (χ3v) is 15.1. The minimum absolute atomic E-state index is 0.0673. The van der Waals surface area contributed by atoms with E-state index < -0.39 is 6.10 Å². The number of allylic oxidation sites excluding steroid dienone is 6. The normalized spacial score (nSPS) is 12.2. The van der Waals surface area contributed by atoms with E-state index in [1.165, 1.54) is 257 Å². The summed E-state index contributed by atoms with van der Waals surface area (Å²) >= 11 is 0. The molecule has 440 valence electrons. The first kappa shape index (κ1) is 72.6. The van der Waals surface area contributed by atoms with Gasteiger partial charge in [0.1, 0.15) is 13.2 Å². The number of hydrogen-bond donors (Lipinski definition) is 0. The second kappa shape index (κ2) is 64.2. The summed E-state index contributed by atoms with van der Waals surface area (Å²) in [5.74, 6) is -0.844. The SMILES string of the molecule is CCCCCCC/C=C\C/C=C\C/C=C\CCCCCCCCCCCCC(=O)OCC(COC(=O)CCCCCCCCCCCCCCC)OC(=O)CCCCCCCCCCCCCCCCCCCCC. The number of unbranched alkanes of at least 4 members (excludes halogenated alkanes) is 45. The Bertz CT molecular complexity index is 1250. The molecule has 0 aliphatic carbocycles. The van der Waals surface area contributed by atoms with Crippen LogP contribution >= 0.6 is 0 Å². The topological polar surface area (TPSA) is 78.9 Å². The van der Waals surface area contributed by atoms with Gasteiger partial charge in [0.15, 0.2) is 6.10 Å². The molecule has 75 heavy (non-hydrogen) atoms. The van der Waals surface area contributed by atoms with Gasteiger partial charge in [-0.3, -0.25) is 14.4 Å². The third kappa shape index (κ3) is 62.4. The minimum Gasteiger partial charge on any atom is -0.462 e. The van der Waals surface area contributed by atoms with Gasteiger partial charge in [-0.1, -0.05) is 327 Å². The molecule has 6 heteroatoms. The van der Waals surface area contributed by atoms with Crippen LogP contribution in [0.2, 0.25) is 0 Å². The number of carbonyl (C=O) groups excluding carboxylic acids is 3. The van der Waals surface area contributed by atoms with Gasteiger partial charge in [-0.05, 0) is 57.8 Å². The Morgan fingerprint density at radius 3 is 0.747 bits per heavy atom. The van der Waals surface area contributed by atoms with Crippen molar-refractivity contribution in [1.29, 1.82) is 0 Å². The molecule has 0 saturated carbocycles. The molecule has 0 fully saturated rings. The molecule has 0 aliphatic heterocycles. The standard InChI is InChI=1S/C69H128O6/c1-4-7-10-13-16-19-22-25-27-29-31-32-33-34-35-36-38-39-41-44-47-50-53-56-59-62-68(71)74-65-66(64-73-67(70)61-58-55-52-49-46-43-24-21-18-15-12-9-6-3)75-69(72)63-60-57-54-51-48-45-42-40-37-30-28-26-23-20-17-14-11-8-5-2/h22,25,29,31,33-34,66H,4-21,23-24,26-28,30,32,35-65H2,1-3H3/b25-22-,31-29-,34-33-. The lowest BCUT2D eigenvalue weighted by molar-refractivity contribution is -0.167. The largest absolute Gasteiger partial charge is 0.462 e. The van der Waals surface area contributed by atoms with Gasteiger partial charge in [-0.25, -0.2) is 0 Å². The van der Waals surface area contributed by atoms with Crippen LogP contribution in [-0.4, -0.2) is 37.2 Å². The zero-order chi connectivity index (χ0) is 54.3. The van der Waals surface area contributed by atoms with Gasteiger partial charge in [-0.2, -0.15) is 0 Å². The average Bonchev–Trinajstić information content (AvgIpc) is 3.41. The van der Waals surface area contributed by atoms with Crippen molar-refractivity contribution in [1.82, 2.24) is 0 Å². The van der Waals surface area contributed by atoms with Gasteiger partial charge >= 0.3 is 17.9 Å². The Morgan fingerprint density at radius 2 is 0.480 bits per heavy atom. The second-order valence-corrected chi connectivity index (χ2v) is 22.7. The first-order valence-electron chi connectivity index (χ1n) is 33.5. The van der Waals surface area contributed by atoms with E-state index in [0.29, 0.717) is 19.3 Å². The lowest BCUT2D eigenvalue weighted by Gasteiger charge is -2.18. The minimum atomic E-state index is -0.770. The molecule has 0 saturated heterocycles. The maximum atomic E-state index is 12.9. The van der Waals surface area contributed by atoms with Crippen LogP contribution in [0.5, 0.6) is 0 Å². The van der Waals surface area contributed by atoms with Crippen molar-refractivity contribution in [3.8, 4) is 0 Å². The summed E-state index contributed by atoms with van der Waals surface area (Å²) in [5, 5.41) is 0. The Balaban J connectivity index is 4.26. The van der Waals surface area contributed by atoms with E-state index in [9.17, 15) is 14.4 Å². The number of esters is 3. The fraction of sp³-hybridized carbons (Fsp3) is 0.870. The molecular formula is C69H128O6. The van der Waals surface area contributed by atoms with Crippen LogP contribution in [-0.2, 0) is 28.6 Å². The summed E-state index contributed by atoms with van der Waals surface area (Å²) in [6, 6.07) is 0. The highest BCUT2D eigenvalue weighted by Gasteiger charge is 2.19. The zero-order valence-corrected chi connectivity index (χ0v) is 50.6. The van der Waals surface area contributed by atoms with Crippen LogP contribution in [0.3, 0.4) is 0 Å². The quantitative estimate of drug-likeness (QED) is 0.0261. The summed E-state index contributed by atoms with van der Waals surface area (Å²) in [7, 11) is 0. The van der Waals surface area contributed by atoms with E-state index in [1.54, 1.807) is 0 Å². The molecule has 6 nitrogen and oxygen atoms in total. The Kier molecular flexibility index (Phi) is 62.1. The fourth-order valence-electron chi connectivity index (χ4n) is 10.1. The molecule has 0 N–H and O–H groups in total. The number of rotatable bonds is 62. The molecule has 0 aromatic carbocycles. The van der Waals surface area contributed by atoms with E-state index in [1.807, 2.05) is 0 Å². The lowest BCUT2D eigenvalue weighted by atomic mass is 10.0. The van der Waals surface area contributed by atoms with Gasteiger partial charge in [0, 0.05) is 19.3 Å². The van der Waals surface area contributed by atoms with E-state index >= 15 is 0 Å². The molecule has 0 radical (unpaired) electrons. The third-order valence-electron chi connectivity index (χ3n) is 15.1. The molecule has 0 aromatic heterocycles. The van der Waals surface area contributed by atoms with Crippen LogP contribution in [0.4, 0.5) is 0 Å². The van der Waals surface area contributed by atoms with Crippen molar-refractivity contribution in [2.24, 2.45) is 0 Å². The van der Waals surface area contributed by atoms with Crippen molar-refractivity contribution in [3.63, 3.8) is 0 Å². The lowest BCUT2D eigenvalue weighted by Crippen LogP contribution is -2.30. The molecule has 1 unspecified atom stereocenters. The molecule has 0 aliphatic rings. The van der Waals surface area contributed by atoms with Crippen LogP contribution in [0.25, 0.3) is 0 Å². The number of hydrogen-bond acceptors (Lipinski definition) is 6. The van der Waals surface area contributed by atoms with Gasteiger partial charge in [-0.15, -0.1) is 0 Å². The van der Waals surface area contributed by atoms with Crippen molar-refractivity contribution >= 4 is 17.9 Å². The van der Waals surface area contributed by atoms with Crippen molar-refractivity contribution < 1.29 is 28.6 Å². The van der Waals surface area contributed by atoms with E-state index in [-0.39, 0.29) is 31.1 Å². The second-order valence-electron chi connectivity index (χ2n) is 22.7. The first-order chi connectivity index (χ1) is 37.0. The molecule has 0 rings (SSSR count). The van der Waals surface area contributed by atoms with E-state index in [0.717, 1.165) is 70.6 Å². The highest BCUT2D eigenvalue weighted by atomic mass is 16.6. The van der Waals surface area contributed by atoms with Crippen LogP contribution in [0, 0.1) is 0 Å². The monoisotopic (exact) mass is 1050 g/mol. The highest BCUT2D eigenvalue weighted by molar-refractivity contribution is 5.71. The van der Waals surface area contributed by atoms with Crippen LogP contribution in [0.1, 0.15) is 367 Å².